The molecular formula is C16H16N2O3. The first-order chi connectivity index (χ1) is 9.99. The molecule has 0 aliphatic carbocycles. The Balaban J connectivity index is 2.16. The predicted octanol–water partition coefficient (Wildman–Crippen LogP) is 3.36. The second-order valence-corrected chi connectivity index (χ2v) is 4.66. The molecule has 2 aromatic rings. The molecule has 0 saturated carbocycles. The molecule has 0 fully saturated rings. The monoisotopic (exact) mass is 284 g/mol. The summed E-state index contributed by atoms with van der Waals surface area (Å²) in [5, 5.41) is 11.8. The number of rotatable bonds is 3. The Hall–Kier alpha value is -2.82. The van der Waals surface area contributed by atoms with E-state index in [1.807, 2.05) is 30.3 Å². The van der Waals surface area contributed by atoms with E-state index in [2.05, 4.69) is 5.32 Å². The first-order valence-corrected chi connectivity index (χ1v) is 6.42. The fourth-order valence-electron chi connectivity index (χ4n) is 1.91. The quantitative estimate of drug-likeness (QED) is 0.908. The SMILES string of the molecule is Cc1ccc(NC(=O)N(C)c2ccccc2)cc1C(=O)O. The van der Waals surface area contributed by atoms with Crippen LogP contribution in [0, 0.1) is 6.92 Å². The van der Waals surface area contributed by atoms with Crippen molar-refractivity contribution in [2.75, 3.05) is 17.3 Å². The van der Waals surface area contributed by atoms with E-state index in [4.69, 9.17) is 5.11 Å². The molecule has 0 aliphatic heterocycles. The van der Waals surface area contributed by atoms with Crippen molar-refractivity contribution < 1.29 is 14.7 Å². The molecule has 5 heteroatoms. The molecule has 0 heterocycles. The number of nitrogens with one attached hydrogen (secondary N) is 1. The highest BCUT2D eigenvalue weighted by atomic mass is 16.4. The van der Waals surface area contributed by atoms with Crippen molar-refractivity contribution in [2.45, 2.75) is 6.92 Å². The summed E-state index contributed by atoms with van der Waals surface area (Å²) < 4.78 is 0. The van der Waals surface area contributed by atoms with Crippen molar-refractivity contribution in [3.8, 4) is 0 Å². The van der Waals surface area contributed by atoms with Gasteiger partial charge < -0.3 is 10.4 Å². The molecule has 0 saturated heterocycles. The Morgan fingerprint density at radius 3 is 2.38 bits per heavy atom. The second-order valence-electron chi connectivity index (χ2n) is 4.66. The minimum Gasteiger partial charge on any atom is -0.478 e. The van der Waals surface area contributed by atoms with Gasteiger partial charge in [-0.25, -0.2) is 9.59 Å². The first kappa shape index (κ1) is 14.6. The van der Waals surface area contributed by atoms with E-state index >= 15 is 0 Å². The van der Waals surface area contributed by atoms with Crippen molar-refractivity contribution in [2.24, 2.45) is 0 Å². The Kier molecular flexibility index (Phi) is 4.23. The highest BCUT2D eigenvalue weighted by Gasteiger charge is 2.13. The van der Waals surface area contributed by atoms with E-state index < -0.39 is 5.97 Å². The van der Waals surface area contributed by atoms with Gasteiger partial charge in [-0.05, 0) is 36.8 Å². The van der Waals surface area contributed by atoms with Gasteiger partial charge in [0.1, 0.15) is 0 Å². The number of carbonyl (C=O) groups excluding carboxylic acids is 1. The Morgan fingerprint density at radius 1 is 1.10 bits per heavy atom. The van der Waals surface area contributed by atoms with Gasteiger partial charge in [-0.2, -0.15) is 0 Å². The third-order valence-corrected chi connectivity index (χ3v) is 3.17. The fraction of sp³-hybridized carbons (Fsp3) is 0.125. The number of carboxylic acids is 1. The molecule has 0 atom stereocenters. The second kappa shape index (κ2) is 6.09. The summed E-state index contributed by atoms with van der Waals surface area (Å²) in [6.45, 7) is 1.71. The van der Waals surface area contributed by atoms with Crippen LogP contribution in [0.3, 0.4) is 0 Å². The average Bonchev–Trinajstić information content (AvgIpc) is 2.49. The molecule has 0 aromatic heterocycles. The van der Waals surface area contributed by atoms with Crippen LogP contribution in [0.1, 0.15) is 15.9 Å². The minimum atomic E-state index is -1.01. The third-order valence-electron chi connectivity index (χ3n) is 3.17. The molecule has 21 heavy (non-hydrogen) atoms. The number of carbonyl (C=O) groups is 2. The normalized spacial score (nSPS) is 10.0. The predicted molar refractivity (Wildman–Crippen MR) is 82.0 cm³/mol. The first-order valence-electron chi connectivity index (χ1n) is 6.42. The van der Waals surface area contributed by atoms with Crippen LogP contribution in [0.15, 0.2) is 48.5 Å². The maximum atomic E-state index is 12.1. The standard InChI is InChI=1S/C16H16N2O3/c1-11-8-9-12(10-14(11)15(19)20)17-16(21)18(2)13-6-4-3-5-7-13/h3-10H,1-2H3,(H,17,21)(H,19,20). The van der Waals surface area contributed by atoms with Crippen LogP contribution in [-0.2, 0) is 0 Å². The zero-order valence-electron chi connectivity index (χ0n) is 11.8. The van der Waals surface area contributed by atoms with Gasteiger partial charge in [0, 0.05) is 18.4 Å². The van der Waals surface area contributed by atoms with E-state index in [1.54, 1.807) is 26.1 Å². The molecule has 108 valence electrons. The number of nitrogens with zero attached hydrogens (tertiary/aromatic N) is 1. The number of hydrogen-bond donors (Lipinski definition) is 2. The maximum Gasteiger partial charge on any atom is 0.336 e. The van der Waals surface area contributed by atoms with E-state index in [0.29, 0.717) is 11.3 Å². The maximum absolute atomic E-state index is 12.1. The van der Waals surface area contributed by atoms with E-state index in [-0.39, 0.29) is 11.6 Å². The largest absolute Gasteiger partial charge is 0.478 e. The molecule has 0 bridgehead atoms. The highest BCUT2D eigenvalue weighted by Crippen LogP contribution is 2.17. The van der Waals surface area contributed by atoms with Crippen molar-refractivity contribution in [1.82, 2.24) is 0 Å². The van der Waals surface area contributed by atoms with Gasteiger partial charge in [0.2, 0.25) is 0 Å². The molecule has 2 amide bonds. The number of para-hydroxylation sites is 1. The van der Waals surface area contributed by atoms with Gasteiger partial charge in [0.15, 0.2) is 0 Å². The summed E-state index contributed by atoms with van der Waals surface area (Å²) in [6, 6.07) is 13.7. The number of benzene rings is 2. The number of urea groups is 1. The average molecular weight is 284 g/mol. The number of hydrogen-bond acceptors (Lipinski definition) is 2. The van der Waals surface area contributed by atoms with Gasteiger partial charge in [-0.15, -0.1) is 0 Å². The van der Waals surface area contributed by atoms with Crippen molar-refractivity contribution >= 4 is 23.4 Å². The molecule has 2 rings (SSSR count). The fourth-order valence-corrected chi connectivity index (χ4v) is 1.91. The summed E-state index contributed by atoms with van der Waals surface area (Å²) in [5.41, 5.74) is 2.03. The Morgan fingerprint density at radius 2 is 1.76 bits per heavy atom. The molecule has 2 N–H and O–H groups in total. The number of aromatic carboxylic acids is 1. The lowest BCUT2D eigenvalue weighted by Gasteiger charge is -2.18. The van der Waals surface area contributed by atoms with Gasteiger partial charge in [-0.3, -0.25) is 4.90 Å². The van der Waals surface area contributed by atoms with Crippen LogP contribution in [0.25, 0.3) is 0 Å². The lowest BCUT2D eigenvalue weighted by Crippen LogP contribution is -2.31. The van der Waals surface area contributed by atoms with E-state index in [0.717, 1.165) is 5.69 Å². The van der Waals surface area contributed by atoms with Crippen LogP contribution < -0.4 is 10.2 Å². The van der Waals surface area contributed by atoms with Gasteiger partial charge in [-0.1, -0.05) is 24.3 Å². The van der Waals surface area contributed by atoms with Crippen molar-refractivity contribution in [3.05, 3.63) is 59.7 Å². The van der Waals surface area contributed by atoms with Crippen LogP contribution in [0.5, 0.6) is 0 Å². The number of amides is 2. The lowest BCUT2D eigenvalue weighted by atomic mass is 10.1. The molecule has 0 aliphatic rings. The topological polar surface area (TPSA) is 69.6 Å². The zero-order chi connectivity index (χ0) is 15.4. The third kappa shape index (κ3) is 3.39. The Labute approximate surface area is 122 Å². The molecule has 0 spiro atoms. The van der Waals surface area contributed by atoms with E-state index in [1.165, 1.54) is 11.0 Å². The smallest absolute Gasteiger partial charge is 0.336 e. The van der Waals surface area contributed by atoms with Crippen LogP contribution >= 0.6 is 0 Å². The summed E-state index contributed by atoms with van der Waals surface area (Å²) in [7, 11) is 1.65. The van der Waals surface area contributed by atoms with Crippen LogP contribution in [0.2, 0.25) is 0 Å². The van der Waals surface area contributed by atoms with Gasteiger partial charge in [0.05, 0.1) is 5.56 Å². The zero-order valence-corrected chi connectivity index (χ0v) is 11.8. The molecule has 0 radical (unpaired) electrons. The van der Waals surface area contributed by atoms with Crippen LogP contribution in [0.4, 0.5) is 16.2 Å². The van der Waals surface area contributed by atoms with Gasteiger partial charge in [0.25, 0.3) is 0 Å². The van der Waals surface area contributed by atoms with Crippen LogP contribution in [-0.4, -0.2) is 24.2 Å². The molecule has 2 aromatic carbocycles. The van der Waals surface area contributed by atoms with E-state index in [9.17, 15) is 9.59 Å². The highest BCUT2D eigenvalue weighted by molar-refractivity contribution is 6.02. The Bertz CT molecular complexity index is 668. The van der Waals surface area contributed by atoms with Crippen molar-refractivity contribution in [3.63, 3.8) is 0 Å². The summed E-state index contributed by atoms with van der Waals surface area (Å²) in [5.74, 6) is -1.01. The number of anilines is 2. The summed E-state index contributed by atoms with van der Waals surface area (Å²) >= 11 is 0. The summed E-state index contributed by atoms with van der Waals surface area (Å²) in [6.07, 6.45) is 0. The number of carboxylic acid groups (broad SMARTS) is 1. The molecule has 0 unspecified atom stereocenters. The minimum absolute atomic E-state index is 0.176. The molecular weight excluding hydrogens is 268 g/mol. The molecule has 5 nitrogen and oxygen atoms in total. The number of aryl methyl sites for hydroxylation is 1. The lowest BCUT2D eigenvalue weighted by molar-refractivity contribution is 0.0696. The van der Waals surface area contributed by atoms with Gasteiger partial charge >= 0.3 is 12.0 Å². The van der Waals surface area contributed by atoms with Crippen molar-refractivity contribution in [1.29, 1.82) is 0 Å². The summed E-state index contributed by atoms with van der Waals surface area (Å²) in [4.78, 5) is 24.7.